The molecule has 5 unspecified atom stereocenters. The van der Waals surface area contributed by atoms with Crippen molar-refractivity contribution < 1.29 is 23.4 Å². The Morgan fingerprint density at radius 1 is 1.26 bits per heavy atom. The molecule has 3 fully saturated rings. The van der Waals surface area contributed by atoms with Crippen LogP contribution in [0.25, 0.3) is 20.8 Å². The van der Waals surface area contributed by atoms with Crippen LogP contribution in [-0.4, -0.2) is 87.6 Å². The average Bonchev–Trinajstić information content (AvgIpc) is 3.73. The van der Waals surface area contributed by atoms with Crippen molar-refractivity contribution >= 4 is 43.2 Å². The van der Waals surface area contributed by atoms with Gasteiger partial charge in [0.05, 0.1) is 39.5 Å². The first-order valence-electron chi connectivity index (χ1n) is 12.9. The van der Waals surface area contributed by atoms with Crippen LogP contribution < -0.4 is 10.6 Å². The van der Waals surface area contributed by atoms with Crippen LogP contribution in [0.3, 0.4) is 0 Å². The highest BCUT2D eigenvalue weighted by molar-refractivity contribution is 7.91. The van der Waals surface area contributed by atoms with Gasteiger partial charge in [-0.2, -0.15) is 4.98 Å². The molecular weight excluding hydrogens is 528 g/mol. The maximum absolute atomic E-state index is 12.1. The minimum atomic E-state index is -3.48. The van der Waals surface area contributed by atoms with Crippen LogP contribution in [0, 0.1) is 12.8 Å². The molecule has 0 spiro atoms. The van der Waals surface area contributed by atoms with Crippen molar-refractivity contribution in [2.75, 3.05) is 36.6 Å². The van der Waals surface area contributed by atoms with E-state index in [0.717, 1.165) is 40.0 Å². The summed E-state index contributed by atoms with van der Waals surface area (Å²) in [7, 11) is -3.48. The predicted octanol–water partition coefficient (Wildman–Crippen LogP) is 2.10. The molecular formula is C25H32N6O5S2. The number of fused-ring (bicyclic) bond motifs is 2. The molecule has 3 heterocycles. The standard InChI is InChI=1S/C25H32N6O5S2/c1-4-36-10-9-27-24-28-12(2)17(23-30-19-16(37-23)7-8-26-18(19)13-5-6-13)22(31-24)29-15-11-14-21(38(3,34)35)25(14,33)20(15)32/h7-8,13-15,20-21,32-33H,4-6,9-11H2,1-3H3,(H2,27,28,29,31). The first-order valence-corrected chi connectivity index (χ1v) is 15.7. The van der Waals surface area contributed by atoms with E-state index in [9.17, 15) is 18.6 Å². The van der Waals surface area contributed by atoms with E-state index in [1.54, 1.807) is 0 Å². The number of hydrogen-bond acceptors (Lipinski definition) is 12. The summed E-state index contributed by atoms with van der Waals surface area (Å²) in [4.78, 5) is 18.9. The molecule has 3 aliphatic carbocycles. The van der Waals surface area contributed by atoms with Gasteiger partial charge in [-0.25, -0.2) is 18.4 Å². The quantitative estimate of drug-likeness (QED) is 0.269. The zero-order valence-electron chi connectivity index (χ0n) is 21.5. The van der Waals surface area contributed by atoms with E-state index in [4.69, 9.17) is 14.7 Å². The number of anilines is 2. The van der Waals surface area contributed by atoms with Gasteiger partial charge in [-0.1, -0.05) is 0 Å². The fourth-order valence-electron chi connectivity index (χ4n) is 5.84. The average molecular weight is 561 g/mol. The number of rotatable bonds is 10. The molecule has 3 saturated carbocycles. The third-order valence-corrected chi connectivity index (χ3v) is 10.5. The van der Waals surface area contributed by atoms with Crippen molar-refractivity contribution in [3.63, 3.8) is 0 Å². The Hall–Kier alpha value is -2.45. The van der Waals surface area contributed by atoms with Crippen molar-refractivity contribution in [3.8, 4) is 10.6 Å². The van der Waals surface area contributed by atoms with E-state index in [0.29, 0.717) is 55.1 Å². The van der Waals surface area contributed by atoms with Gasteiger partial charge in [0.1, 0.15) is 28.0 Å². The van der Waals surface area contributed by atoms with E-state index in [1.165, 1.54) is 11.3 Å². The van der Waals surface area contributed by atoms with Gasteiger partial charge >= 0.3 is 0 Å². The molecule has 3 aromatic heterocycles. The molecule has 0 aromatic carbocycles. The van der Waals surface area contributed by atoms with Gasteiger partial charge in [0.2, 0.25) is 5.95 Å². The Morgan fingerprint density at radius 2 is 2.05 bits per heavy atom. The summed E-state index contributed by atoms with van der Waals surface area (Å²) in [6.07, 6.45) is 4.22. The van der Waals surface area contributed by atoms with Gasteiger partial charge < -0.3 is 25.6 Å². The van der Waals surface area contributed by atoms with Gasteiger partial charge in [0.15, 0.2) is 9.84 Å². The third kappa shape index (κ3) is 4.34. The van der Waals surface area contributed by atoms with Crippen molar-refractivity contribution in [2.45, 2.75) is 62.0 Å². The second kappa shape index (κ2) is 9.33. The smallest absolute Gasteiger partial charge is 0.224 e. The topological polar surface area (TPSA) is 159 Å². The van der Waals surface area contributed by atoms with Crippen LogP contribution in [0.15, 0.2) is 12.3 Å². The van der Waals surface area contributed by atoms with Crippen molar-refractivity contribution in [3.05, 3.63) is 23.7 Å². The summed E-state index contributed by atoms with van der Waals surface area (Å²) in [6, 6.07) is 1.38. The lowest BCUT2D eigenvalue weighted by atomic mass is 10.1. The number of sulfone groups is 1. The SMILES string of the molecule is CCOCCNc1nc(C)c(-c2nc3c(C4CC4)nccc3s2)c(NC2CC3C(S(C)(=O)=O)C3(O)C2O)n1. The molecule has 5 atom stereocenters. The number of aliphatic hydroxyl groups is 2. The van der Waals surface area contributed by atoms with Crippen LogP contribution in [0.4, 0.5) is 11.8 Å². The number of pyridine rings is 1. The molecule has 4 N–H and O–H groups in total. The van der Waals surface area contributed by atoms with E-state index in [2.05, 4.69) is 20.6 Å². The summed E-state index contributed by atoms with van der Waals surface area (Å²) in [6.45, 7) is 5.45. The second-order valence-electron chi connectivity index (χ2n) is 10.5. The molecule has 0 saturated heterocycles. The van der Waals surface area contributed by atoms with E-state index in [-0.39, 0.29) is 0 Å². The zero-order chi connectivity index (χ0) is 26.8. The van der Waals surface area contributed by atoms with Crippen LogP contribution in [0.1, 0.15) is 43.5 Å². The zero-order valence-corrected chi connectivity index (χ0v) is 23.1. The Bertz CT molecular complexity index is 1490. The molecule has 38 heavy (non-hydrogen) atoms. The molecule has 11 nitrogen and oxygen atoms in total. The molecule has 3 aromatic rings. The van der Waals surface area contributed by atoms with Crippen LogP contribution >= 0.6 is 11.3 Å². The fraction of sp³-hybridized carbons (Fsp3) is 0.600. The molecule has 0 radical (unpaired) electrons. The number of nitrogens with zero attached hydrogens (tertiary/aromatic N) is 4. The molecule has 0 aliphatic heterocycles. The highest BCUT2D eigenvalue weighted by Gasteiger charge is 2.77. The van der Waals surface area contributed by atoms with Gasteiger partial charge in [-0.3, -0.25) is 4.98 Å². The summed E-state index contributed by atoms with van der Waals surface area (Å²) in [5.74, 6) is 0.806. The minimum absolute atomic E-state index is 0.306. The lowest BCUT2D eigenvalue weighted by Gasteiger charge is -2.25. The monoisotopic (exact) mass is 560 g/mol. The van der Waals surface area contributed by atoms with Crippen LogP contribution in [-0.2, 0) is 14.6 Å². The molecule has 13 heteroatoms. The van der Waals surface area contributed by atoms with Gasteiger partial charge in [-0.15, -0.1) is 11.3 Å². The minimum Gasteiger partial charge on any atom is -0.388 e. The highest BCUT2D eigenvalue weighted by atomic mass is 32.2. The highest BCUT2D eigenvalue weighted by Crippen LogP contribution is 2.59. The maximum Gasteiger partial charge on any atom is 0.224 e. The van der Waals surface area contributed by atoms with E-state index >= 15 is 0 Å². The van der Waals surface area contributed by atoms with Gasteiger partial charge in [-0.05, 0) is 39.2 Å². The lowest BCUT2D eigenvalue weighted by Crippen LogP contribution is -2.43. The Balaban J connectivity index is 1.35. The number of nitrogens with one attached hydrogen (secondary N) is 2. The largest absolute Gasteiger partial charge is 0.388 e. The molecule has 0 bridgehead atoms. The van der Waals surface area contributed by atoms with Crippen LogP contribution in [0.2, 0.25) is 0 Å². The predicted molar refractivity (Wildman–Crippen MR) is 145 cm³/mol. The van der Waals surface area contributed by atoms with Gasteiger partial charge in [0, 0.05) is 37.4 Å². The second-order valence-corrected chi connectivity index (χ2v) is 13.7. The Kier molecular flexibility index (Phi) is 6.34. The maximum atomic E-state index is 12.1. The number of aromatic nitrogens is 4. The number of ether oxygens (including phenoxy) is 1. The summed E-state index contributed by atoms with van der Waals surface area (Å²) in [5, 5.41) is 28.3. The van der Waals surface area contributed by atoms with E-state index in [1.807, 2.05) is 26.1 Å². The van der Waals surface area contributed by atoms with E-state index < -0.39 is 38.8 Å². The normalized spacial score (nSPS) is 28.4. The van der Waals surface area contributed by atoms with Crippen molar-refractivity contribution in [1.82, 2.24) is 19.9 Å². The number of thiazole rings is 1. The Morgan fingerprint density at radius 3 is 2.71 bits per heavy atom. The number of aliphatic hydroxyl groups excluding tert-OH is 1. The summed E-state index contributed by atoms with van der Waals surface area (Å²) < 4.78 is 30.7. The van der Waals surface area contributed by atoms with Crippen molar-refractivity contribution in [1.29, 1.82) is 0 Å². The number of hydrogen-bond donors (Lipinski definition) is 4. The molecule has 6 rings (SSSR count). The summed E-state index contributed by atoms with van der Waals surface area (Å²) in [5.41, 5.74) is 1.68. The third-order valence-electron chi connectivity index (χ3n) is 7.79. The molecule has 0 amide bonds. The summed E-state index contributed by atoms with van der Waals surface area (Å²) >= 11 is 1.54. The van der Waals surface area contributed by atoms with Crippen LogP contribution in [0.5, 0.6) is 0 Å². The molecule has 204 valence electrons. The van der Waals surface area contributed by atoms with Crippen molar-refractivity contribution in [2.24, 2.45) is 5.92 Å². The fourth-order valence-corrected chi connectivity index (χ4v) is 8.75. The first-order chi connectivity index (χ1) is 18.1. The Labute approximate surface area is 225 Å². The first kappa shape index (κ1) is 25.8. The number of aryl methyl sites for hydroxylation is 1. The molecule has 3 aliphatic rings. The lowest BCUT2D eigenvalue weighted by molar-refractivity contribution is 0.00557. The van der Waals surface area contributed by atoms with Gasteiger partial charge in [0.25, 0.3) is 0 Å².